The van der Waals surface area contributed by atoms with Gasteiger partial charge in [0, 0.05) is 0 Å². The number of thioether (sulfide) groups is 1. The number of aliphatic hydroxyl groups excluding tert-OH is 1. The Hall–Kier alpha value is -1.00. The molecule has 0 fully saturated rings. The third-order valence-electron chi connectivity index (χ3n) is 2.12. The van der Waals surface area contributed by atoms with Gasteiger partial charge in [0.1, 0.15) is 11.4 Å². The van der Waals surface area contributed by atoms with E-state index in [4.69, 9.17) is 0 Å². The number of ether oxygens (including phenoxy) is 1. The minimum absolute atomic E-state index is 0.404. The quantitative estimate of drug-likeness (QED) is 0.793. The van der Waals surface area contributed by atoms with Gasteiger partial charge < -0.3 is 9.84 Å². The fraction of sp³-hybridized carbons (Fsp3) is 0.364. The second-order valence-corrected chi connectivity index (χ2v) is 4.01. The molecule has 3 nitrogen and oxygen atoms in total. The topological polar surface area (TPSA) is 46.5 Å². The van der Waals surface area contributed by atoms with Gasteiger partial charge in [-0.3, -0.25) is 4.79 Å². The Kier molecular flexibility index (Phi) is 4.65. The smallest absolute Gasteiger partial charge is 0.321 e. The van der Waals surface area contributed by atoms with Gasteiger partial charge in [-0.2, -0.15) is 0 Å². The fourth-order valence-electron chi connectivity index (χ4n) is 1.30. The van der Waals surface area contributed by atoms with Crippen LogP contribution in [0, 0.1) is 0 Å². The number of hydrogen-bond acceptors (Lipinski definition) is 4. The zero-order valence-electron chi connectivity index (χ0n) is 8.71. The van der Waals surface area contributed by atoms with E-state index in [0.717, 1.165) is 5.56 Å². The van der Waals surface area contributed by atoms with Gasteiger partial charge in [-0.15, -0.1) is 11.8 Å². The van der Waals surface area contributed by atoms with Gasteiger partial charge in [-0.1, -0.05) is 30.3 Å². The molecular weight excluding hydrogens is 212 g/mol. The highest BCUT2D eigenvalue weighted by Crippen LogP contribution is 2.25. The van der Waals surface area contributed by atoms with E-state index < -0.39 is 17.3 Å². The second-order valence-electron chi connectivity index (χ2n) is 3.03. The molecule has 1 aromatic carbocycles. The molecule has 4 heteroatoms. The van der Waals surface area contributed by atoms with E-state index >= 15 is 0 Å². The molecule has 0 amide bonds. The Morgan fingerprint density at radius 2 is 2.00 bits per heavy atom. The van der Waals surface area contributed by atoms with Gasteiger partial charge in [0.2, 0.25) is 0 Å². The van der Waals surface area contributed by atoms with Crippen LogP contribution in [-0.4, -0.2) is 29.7 Å². The van der Waals surface area contributed by atoms with Crippen LogP contribution in [0.5, 0.6) is 0 Å². The number of esters is 1. The first-order valence-electron chi connectivity index (χ1n) is 4.54. The van der Waals surface area contributed by atoms with Crippen molar-refractivity contribution >= 4 is 17.7 Å². The van der Waals surface area contributed by atoms with Crippen LogP contribution in [0.15, 0.2) is 30.3 Å². The summed E-state index contributed by atoms with van der Waals surface area (Å²) in [5.41, 5.74) is 0.724. The molecule has 0 aliphatic carbocycles. The Morgan fingerprint density at radius 3 is 2.47 bits per heavy atom. The zero-order chi connectivity index (χ0) is 11.3. The minimum atomic E-state index is -0.825. The number of aliphatic hydroxyl groups is 1. The highest BCUT2D eigenvalue weighted by Gasteiger charge is 2.27. The van der Waals surface area contributed by atoms with Crippen LogP contribution in [0.2, 0.25) is 0 Å². The molecule has 0 radical (unpaired) electrons. The third kappa shape index (κ3) is 2.97. The molecule has 0 aliphatic rings. The summed E-state index contributed by atoms with van der Waals surface area (Å²) in [6.45, 7) is 0. The Labute approximate surface area is 93.4 Å². The van der Waals surface area contributed by atoms with E-state index in [1.165, 1.54) is 18.9 Å². The molecule has 0 aliphatic heterocycles. The third-order valence-corrected chi connectivity index (χ3v) is 3.07. The number of carbonyl (C=O) groups excluding carboxylic acids is 1. The zero-order valence-corrected chi connectivity index (χ0v) is 9.53. The van der Waals surface area contributed by atoms with Crippen molar-refractivity contribution in [3.63, 3.8) is 0 Å². The molecule has 1 rings (SSSR count). The van der Waals surface area contributed by atoms with Gasteiger partial charge in [-0.25, -0.2) is 0 Å². The van der Waals surface area contributed by atoms with E-state index in [1.807, 2.05) is 18.2 Å². The summed E-state index contributed by atoms with van der Waals surface area (Å²) in [6.07, 6.45) is 0.946. The van der Waals surface area contributed by atoms with Crippen LogP contribution in [0.25, 0.3) is 0 Å². The van der Waals surface area contributed by atoms with Crippen molar-refractivity contribution in [2.24, 2.45) is 0 Å². The maximum Gasteiger partial charge on any atom is 0.321 e. The molecule has 0 bridgehead atoms. The van der Waals surface area contributed by atoms with E-state index in [2.05, 4.69) is 4.74 Å². The van der Waals surface area contributed by atoms with Crippen molar-refractivity contribution in [1.82, 2.24) is 0 Å². The highest BCUT2D eigenvalue weighted by atomic mass is 32.2. The standard InChI is InChI=1S/C11H14O3S/c1-14-11(13)10(15-2)9(12)8-6-4-3-5-7-8/h3-7,9-10,12H,1-2H3/t9-,10+/m0/s1. The number of hydrogen-bond donors (Lipinski definition) is 1. The van der Waals surface area contributed by atoms with Gasteiger partial charge in [0.25, 0.3) is 0 Å². The molecule has 2 atom stereocenters. The molecule has 0 heterocycles. The van der Waals surface area contributed by atoms with Gasteiger partial charge in [-0.05, 0) is 11.8 Å². The molecule has 0 unspecified atom stereocenters. The summed E-state index contributed by atoms with van der Waals surface area (Å²) in [5.74, 6) is -0.404. The Balaban J connectivity index is 2.82. The Bertz CT molecular complexity index is 313. The lowest BCUT2D eigenvalue weighted by atomic mass is 10.1. The minimum Gasteiger partial charge on any atom is -0.468 e. The first kappa shape index (κ1) is 12.1. The fourth-order valence-corrected chi connectivity index (χ4v) is 2.00. The monoisotopic (exact) mass is 226 g/mol. The van der Waals surface area contributed by atoms with Gasteiger partial charge in [0.05, 0.1) is 7.11 Å². The normalized spacial score (nSPS) is 14.3. The maximum atomic E-state index is 11.4. The number of methoxy groups -OCH3 is 1. The summed E-state index contributed by atoms with van der Waals surface area (Å²) < 4.78 is 4.63. The van der Waals surface area contributed by atoms with Crippen molar-refractivity contribution in [1.29, 1.82) is 0 Å². The first-order valence-corrected chi connectivity index (χ1v) is 5.83. The molecule has 1 N–H and O–H groups in total. The van der Waals surface area contributed by atoms with Crippen molar-refractivity contribution < 1.29 is 14.6 Å². The molecule has 0 aromatic heterocycles. The summed E-state index contributed by atoms with van der Waals surface area (Å²) in [4.78, 5) is 11.4. The molecular formula is C11H14O3S. The lowest BCUT2D eigenvalue weighted by Gasteiger charge is -2.18. The number of rotatable bonds is 4. The largest absolute Gasteiger partial charge is 0.468 e. The Morgan fingerprint density at radius 1 is 1.40 bits per heavy atom. The molecule has 82 valence electrons. The average molecular weight is 226 g/mol. The predicted octanol–water partition coefficient (Wildman–Crippen LogP) is 1.62. The second kappa shape index (κ2) is 5.78. The molecule has 0 spiro atoms. The van der Waals surface area contributed by atoms with Crippen molar-refractivity contribution in [3.05, 3.63) is 35.9 Å². The molecule has 15 heavy (non-hydrogen) atoms. The maximum absolute atomic E-state index is 11.4. The van der Waals surface area contributed by atoms with Crippen molar-refractivity contribution in [2.45, 2.75) is 11.4 Å². The predicted molar refractivity (Wildman–Crippen MR) is 60.7 cm³/mol. The van der Waals surface area contributed by atoms with Crippen LogP contribution in [0.3, 0.4) is 0 Å². The van der Waals surface area contributed by atoms with E-state index in [0.29, 0.717) is 0 Å². The SMILES string of the molecule is COC(=O)[C@H](SC)[C@@H](O)c1ccccc1. The number of carbonyl (C=O) groups is 1. The summed E-state index contributed by atoms with van der Waals surface area (Å²) in [6, 6.07) is 9.09. The van der Waals surface area contributed by atoms with E-state index in [9.17, 15) is 9.90 Å². The lowest BCUT2D eigenvalue weighted by Crippen LogP contribution is -2.26. The van der Waals surface area contributed by atoms with Crippen LogP contribution >= 0.6 is 11.8 Å². The van der Waals surface area contributed by atoms with Gasteiger partial charge >= 0.3 is 5.97 Å². The lowest BCUT2D eigenvalue weighted by molar-refractivity contribution is -0.142. The average Bonchev–Trinajstić information content (AvgIpc) is 2.30. The van der Waals surface area contributed by atoms with Crippen molar-refractivity contribution in [2.75, 3.05) is 13.4 Å². The summed E-state index contributed by atoms with van der Waals surface area (Å²) in [5, 5.41) is 9.39. The van der Waals surface area contributed by atoms with Crippen LogP contribution < -0.4 is 0 Å². The highest BCUT2D eigenvalue weighted by molar-refractivity contribution is 7.99. The molecule has 1 aromatic rings. The molecule has 0 saturated carbocycles. The molecule has 0 saturated heterocycles. The van der Waals surface area contributed by atoms with Crippen LogP contribution in [-0.2, 0) is 9.53 Å². The van der Waals surface area contributed by atoms with Gasteiger partial charge in [0.15, 0.2) is 0 Å². The van der Waals surface area contributed by atoms with E-state index in [-0.39, 0.29) is 0 Å². The summed E-state index contributed by atoms with van der Waals surface area (Å²) in [7, 11) is 1.32. The van der Waals surface area contributed by atoms with Crippen LogP contribution in [0.4, 0.5) is 0 Å². The van der Waals surface area contributed by atoms with Crippen molar-refractivity contribution in [3.8, 4) is 0 Å². The number of benzene rings is 1. The van der Waals surface area contributed by atoms with E-state index in [1.54, 1.807) is 18.4 Å². The summed E-state index contributed by atoms with van der Waals surface area (Å²) >= 11 is 1.28. The van der Waals surface area contributed by atoms with Crippen LogP contribution in [0.1, 0.15) is 11.7 Å². The first-order chi connectivity index (χ1) is 7.20.